The summed E-state index contributed by atoms with van der Waals surface area (Å²) < 4.78 is 28.1. The van der Waals surface area contributed by atoms with E-state index in [0.29, 0.717) is 6.04 Å². The summed E-state index contributed by atoms with van der Waals surface area (Å²) in [5.74, 6) is 0.0399. The molecule has 0 aromatic heterocycles. The molecule has 0 amide bonds. The molecule has 0 aliphatic heterocycles. The number of benzene rings is 1. The minimum atomic E-state index is -3.34. The normalized spacial score (nSPS) is 12.7. The molecule has 0 N–H and O–H groups in total. The molecule has 0 saturated heterocycles. The van der Waals surface area contributed by atoms with Crippen molar-refractivity contribution in [3.8, 4) is 0 Å². The lowest BCUT2D eigenvalue weighted by molar-refractivity contribution is 0.483. The van der Waals surface area contributed by atoms with Gasteiger partial charge in [0.25, 0.3) is 10.1 Å². The van der Waals surface area contributed by atoms with Crippen LogP contribution in [-0.4, -0.2) is 22.5 Å². The molecular formula is C11H18O3SSi. The van der Waals surface area contributed by atoms with Gasteiger partial charge in [-0.1, -0.05) is 30.3 Å². The predicted octanol–water partition coefficient (Wildman–Crippen LogP) is 2.34. The van der Waals surface area contributed by atoms with Crippen molar-refractivity contribution >= 4 is 18.4 Å². The molecule has 0 aliphatic rings. The highest BCUT2D eigenvalue weighted by molar-refractivity contribution is 7.87. The van der Waals surface area contributed by atoms with Crippen molar-refractivity contribution in [3.63, 3.8) is 0 Å². The molecule has 0 bridgehead atoms. The van der Waals surface area contributed by atoms with E-state index in [-0.39, 0.29) is 5.75 Å². The third-order valence-electron chi connectivity index (χ3n) is 2.18. The maximum absolute atomic E-state index is 11.4. The van der Waals surface area contributed by atoms with Crippen LogP contribution < -0.4 is 0 Å². The zero-order valence-corrected chi connectivity index (χ0v) is 11.8. The molecule has 0 radical (unpaired) electrons. The second kappa shape index (κ2) is 5.12. The Labute approximate surface area is 98.7 Å². The average Bonchev–Trinajstić information content (AvgIpc) is 2.17. The molecule has 0 spiro atoms. The molecule has 0 heterocycles. The first kappa shape index (κ1) is 13.4. The molecule has 1 aromatic rings. The lowest BCUT2D eigenvalue weighted by Gasteiger charge is -2.21. The van der Waals surface area contributed by atoms with E-state index in [4.69, 9.17) is 3.87 Å². The molecule has 90 valence electrons. The second-order valence-electron chi connectivity index (χ2n) is 4.35. The molecule has 16 heavy (non-hydrogen) atoms. The SMILES string of the molecule is CCS(=O)(=O)O[Si](C)(C)Cc1ccccc1. The molecule has 0 fully saturated rings. The van der Waals surface area contributed by atoms with Crippen molar-refractivity contribution in [1.29, 1.82) is 0 Å². The van der Waals surface area contributed by atoms with E-state index >= 15 is 0 Å². The Morgan fingerprint density at radius 2 is 1.75 bits per heavy atom. The van der Waals surface area contributed by atoms with Crippen LogP contribution in [0.1, 0.15) is 12.5 Å². The maximum Gasteiger partial charge on any atom is 0.257 e. The monoisotopic (exact) mass is 258 g/mol. The molecule has 0 unspecified atom stereocenters. The van der Waals surface area contributed by atoms with Crippen molar-refractivity contribution in [1.82, 2.24) is 0 Å². The van der Waals surface area contributed by atoms with Crippen LogP contribution in [0.5, 0.6) is 0 Å². The summed E-state index contributed by atoms with van der Waals surface area (Å²) in [4.78, 5) is 0. The Morgan fingerprint density at radius 3 is 2.25 bits per heavy atom. The summed E-state index contributed by atoms with van der Waals surface area (Å²) in [7, 11) is -5.52. The number of hydrogen-bond donors (Lipinski definition) is 0. The van der Waals surface area contributed by atoms with Gasteiger partial charge in [0.1, 0.15) is 0 Å². The van der Waals surface area contributed by atoms with Crippen LogP contribution in [0.15, 0.2) is 30.3 Å². The van der Waals surface area contributed by atoms with E-state index in [0.717, 1.165) is 5.56 Å². The molecule has 0 saturated carbocycles. The first-order chi connectivity index (χ1) is 7.35. The summed E-state index contributed by atoms with van der Waals surface area (Å²) in [5.41, 5.74) is 1.13. The largest absolute Gasteiger partial charge is 0.315 e. The summed E-state index contributed by atoms with van der Waals surface area (Å²) in [6.45, 7) is 5.45. The van der Waals surface area contributed by atoms with Crippen LogP contribution in [-0.2, 0) is 20.0 Å². The van der Waals surface area contributed by atoms with E-state index in [2.05, 4.69) is 0 Å². The first-order valence-electron chi connectivity index (χ1n) is 5.32. The van der Waals surface area contributed by atoms with Gasteiger partial charge in [0.2, 0.25) is 8.32 Å². The number of rotatable bonds is 5. The highest BCUT2D eigenvalue weighted by Gasteiger charge is 2.29. The van der Waals surface area contributed by atoms with Crippen molar-refractivity contribution in [3.05, 3.63) is 35.9 Å². The van der Waals surface area contributed by atoms with Crippen LogP contribution in [0.4, 0.5) is 0 Å². The molecule has 0 aliphatic carbocycles. The van der Waals surface area contributed by atoms with Gasteiger partial charge in [0.05, 0.1) is 5.75 Å². The van der Waals surface area contributed by atoms with E-state index in [1.54, 1.807) is 6.92 Å². The lowest BCUT2D eigenvalue weighted by atomic mass is 10.2. The Kier molecular flexibility index (Phi) is 4.29. The molecule has 1 rings (SSSR count). The van der Waals surface area contributed by atoms with Crippen LogP contribution in [0.25, 0.3) is 0 Å². The molecule has 3 nitrogen and oxygen atoms in total. The quantitative estimate of drug-likeness (QED) is 0.761. The Morgan fingerprint density at radius 1 is 1.19 bits per heavy atom. The fraction of sp³-hybridized carbons (Fsp3) is 0.455. The summed E-state index contributed by atoms with van der Waals surface area (Å²) >= 11 is 0. The highest BCUT2D eigenvalue weighted by atomic mass is 32.2. The number of hydrogen-bond acceptors (Lipinski definition) is 3. The van der Waals surface area contributed by atoms with E-state index in [1.165, 1.54) is 0 Å². The summed E-state index contributed by atoms with van der Waals surface area (Å²) in [5, 5.41) is 0. The summed E-state index contributed by atoms with van der Waals surface area (Å²) in [6.07, 6.45) is 0. The Bertz CT molecular complexity index is 426. The lowest BCUT2D eigenvalue weighted by Crippen LogP contribution is -2.37. The van der Waals surface area contributed by atoms with Crippen LogP contribution in [0.2, 0.25) is 13.1 Å². The van der Waals surface area contributed by atoms with Gasteiger partial charge in [-0.3, -0.25) is 0 Å². The minimum Gasteiger partial charge on any atom is -0.315 e. The van der Waals surface area contributed by atoms with Gasteiger partial charge < -0.3 is 3.87 Å². The Balaban J connectivity index is 2.73. The van der Waals surface area contributed by atoms with Gasteiger partial charge in [-0.25, -0.2) is 8.42 Å². The van der Waals surface area contributed by atoms with Crippen molar-refractivity contribution in [2.45, 2.75) is 26.1 Å². The van der Waals surface area contributed by atoms with Gasteiger partial charge >= 0.3 is 0 Å². The van der Waals surface area contributed by atoms with E-state index < -0.39 is 18.4 Å². The third-order valence-corrected chi connectivity index (χ3v) is 6.97. The molecule has 0 atom stereocenters. The molecular weight excluding hydrogens is 240 g/mol. The van der Waals surface area contributed by atoms with Crippen LogP contribution >= 0.6 is 0 Å². The van der Waals surface area contributed by atoms with E-state index in [9.17, 15) is 8.42 Å². The van der Waals surface area contributed by atoms with Gasteiger partial charge in [-0.15, -0.1) is 0 Å². The van der Waals surface area contributed by atoms with Crippen molar-refractivity contribution in [2.75, 3.05) is 5.75 Å². The van der Waals surface area contributed by atoms with E-state index in [1.807, 2.05) is 43.4 Å². The van der Waals surface area contributed by atoms with Crippen LogP contribution in [0, 0.1) is 0 Å². The zero-order chi connectivity index (χ0) is 12.2. The maximum atomic E-state index is 11.4. The molecule has 1 aromatic carbocycles. The topological polar surface area (TPSA) is 43.4 Å². The average molecular weight is 258 g/mol. The fourth-order valence-electron chi connectivity index (χ4n) is 1.52. The fourth-order valence-corrected chi connectivity index (χ4v) is 6.20. The molecule has 5 heteroatoms. The third kappa shape index (κ3) is 4.47. The van der Waals surface area contributed by atoms with Crippen molar-refractivity contribution < 1.29 is 12.3 Å². The van der Waals surface area contributed by atoms with Gasteiger partial charge in [0, 0.05) is 0 Å². The smallest absolute Gasteiger partial charge is 0.257 e. The van der Waals surface area contributed by atoms with Crippen LogP contribution in [0.3, 0.4) is 0 Å². The second-order valence-corrected chi connectivity index (χ2v) is 10.6. The van der Waals surface area contributed by atoms with Gasteiger partial charge in [-0.2, -0.15) is 0 Å². The highest BCUT2D eigenvalue weighted by Crippen LogP contribution is 2.16. The minimum absolute atomic E-state index is 0.0399. The first-order valence-corrected chi connectivity index (χ1v) is 10.0. The zero-order valence-electron chi connectivity index (χ0n) is 9.93. The van der Waals surface area contributed by atoms with Gasteiger partial charge in [-0.05, 0) is 31.6 Å². The Hall–Kier alpha value is -0.653. The standard InChI is InChI=1S/C11H18O3SSi/c1-4-15(12,13)14-16(2,3)10-11-8-6-5-7-9-11/h5-9H,4,10H2,1-3H3. The predicted molar refractivity (Wildman–Crippen MR) is 68.2 cm³/mol. The summed E-state index contributed by atoms with van der Waals surface area (Å²) in [6, 6.07) is 10.6. The van der Waals surface area contributed by atoms with Crippen molar-refractivity contribution in [2.24, 2.45) is 0 Å². The van der Waals surface area contributed by atoms with Gasteiger partial charge in [0.15, 0.2) is 0 Å².